The van der Waals surface area contributed by atoms with E-state index in [0.717, 1.165) is 17.0 Å². The maximum Gasteiger partial charge on any atom is 0.223 e. The predicted octanol–water partition coefficient (Wildman–Crippen LogP) is 0.879. The third-order valence-corrected chi connectivity index (χ3v) is 1.79. The van der Waals surface area contributed by atoms with Gasteiger partial charge in [0, 0.05) is 5.69 Å². The average Bonchev–Trinajstić information content (AvgIpc) is 2.61. The Morgan fingerprint density at radius 3 is 2.77 bits per heavy atom. The summed E-state index contributed by atoms with van der Waals surface area (Å²) in [5.74, 6) is 0.543. The van der Waals surface area contributed by atoms with Crippen molar-refractivity contribution in [2.75, 3.05) is 0 Å². The Balaban J connectivity index is 2.57. The molecule has 0 radical (unpaired) electrons. The van der Waals surface area contributed by atoms with Crippen LogP contribution in [0.2, 0.25) is 0 Å². The number of hydrogen-bond acceptors (Lipinski definition) is 4. The van der Waals surface area contributed by atoms with Crippen molar-refractivity contribution in [2.45, 2.75) is 13.8 Å². The van der Waals surface area contributed by atoms with Gasteiger partial charge >= 0.3 is 0 Å². The summed E-state index contributed by atoms with van der Waals surface area (Å²) in [5, 5.41) is 13.7. The molecular weight excluding hydrogens is 166 g/mol. The van der Waals surface area contributed by atoms with Crippen LogP contribution in [0.25, 0.3) is 11.5 Å². The second kappa shape index (κ2) is 2.93. The van der Waals surface area contributed by atoms with Gasteiger partial charge < -0.3 is 0 Å². The summed E-state index contributed by atoms with van der Waals surface area (Å²) in [7, 11) is 0. The fourth-order valence-electron chi connectivity index (χ4n) is 1.11. The first kappa shape index (κ1) is 7.85. The molecule has 0 fully saturated rings. The largest absolute Gasteiger partial charge is 0.249 e. The maximum absolute atomic E-state index is 4.33. The van der Waals surface area contributed by atoms with Gasteiger partial charge in [-0.1, -0.05) is 6.07 Å². The fraction of sp³-hybridized carbons (Fsp3) is 0.250. The highest BCUT2D eigenvalue weighted by molar-refractivity contribution is 5.53. The van der Waals surface area contributed by atoms with E-state index in [4.69, 9.17) is 0 Å². The van der Waals surface area contributed by atoms with Crippen LogP contribution in [0, 0.1) is 13.8 Å². The quantitative estimate of drug-likeness (QED) is 0.698. The van der Waals surface area contributed by atoms with Crippen LogP contribution >= 0.6 is 0 Å². The van der Waals surface area contributed by atoms with Crippen LogP contribution in [0.5, 0.6) is 0 Å². The van der Waals surface area contributed by atoms with Gasteiger partial charge in [-0.2, -0.15) is 5.21 Å². The summed E-state index contributed by atoms with van der Waals surface area (Å²) in [6.45, 7) is 3.90. The Bertz CT molecular complexity index is 406. The Morgan fingerprint density at radius 1 is 1.23 bits per heavy atom. The number of rotatable bonds is 1. The van der Waals surface area contributed by atoms with Crippen LogP contribution in [0.1, 0.15) is 11.3 Å². The molecule has 13 heavy (non-hydrogen) atoms. The van der Waals surface area contributed by atoms with Crippen LogP contribution in [0.4, 0.5) is 0 Å². The van der Waals surface area contributed by atoms with Crippen molar-refractivity contribution in [3.8, 4) is 11.5 Å². The number of tetrazole rings is 1. The van der Waals surface area contributed by atoms with Crippen LogP contribution in [0.3, 0.4) is 0 Å². The summed E-state index contributed by atoms with van der Waals surface area (Å²) < 4.78 is 0. The van der Waals surface area contributed by atoms with Gasteiger partial charge in [-0.25, -0.2) is 4.98 Å². The minimum absolute atomic E-state index is 0.543. The molecule has 5 nitrogen and oxygen atoms in total. The van der Waals surface area contributed by atoms with Crippen molar-refractivity contribution in [3.63, 3.8) is 0 Å². The van der Waals surface area contributed by atoms with Crippen molar-refractivity contribution >= 4 is 0 Å². The molecule has 0 aliphatic carbocycles. The molecule has 1 N–H and O–H groups in total. The zero-order chi connectivity index (χ0) is 9.26. The van der Waals surface area contributed by atoms with E-state index >= 15 is 0 Å². The number of aryl methyl sites for hydroxylation is 2. The first-order valence-electron chi connectivity index (χ1n) is 3.95. The molecule has 66 valence electrons. The lowest BCUT2D eigenvalue weighted by Gasteiger charge is -2.00. The molecule has 0 amide bonds. The fourth-order valence-corrected chi connectivity index (χ4v) is 1.11. The highest BCUT2D eigenvalue weighted by Gasteiger charge is 2.07. The molecular formula is C8H9N5. The molecule has 2 aromatic rings. The number of nitrogens with one attached hydrogen (secondary N) is 1. The normalized spacial score (nSPS) is 10.3. The van der Waals surface area contributed by atoms with Gasteiger partial charge in [-0.3, -0.25) is 0 Å². The standard InChI is InChI=1S/C8H9N5/c1-5-3-4-6(2)9-7(5)8-10-12-13-11-8/h3-4H,1-2H3,(H,10,11,12,13). The van der Waals surface area contributed by atoms with E-state index < -0.39 is 0 Å². The summed E-state index contributed by atoms with van der Waals surface area (Å²) >= 11 is 0. The Hall–Kier alpha value is -1.78. The Kier molecular flexibility index (Phi) is 1.77. The van der Waals surface area contributed by atoms with Gasteiger partial charge in [-0.15, -0.1) is 10.2 Å². The lowest BCUT2D eigenvalue weighted by Crippen LogP contribution is -1.92. The van der Waals surface area contributed by atoms with E-state index in [0.29, 0.717) is 5.82 Å². The molecule has 0 saturated heterocycles. The molecule has 2 heterocycles. The van der Waals surface area contributed by atoms with E-state index in [2.05, 4.69) is 25.6 Å². The molecule has 0 aliphatic heterocycles. The van der Waals surface area contributed by atoms with Crippen LogP contribution in [-0.4, -0.2) is 25.6 Å². The first-order valence-corrected chi connectivity index (χ1v) is 3.95. The van der Waals surface area contributed by atoms with Crippen LogP contribution in [-0.2, 0) is 0 Å². The van der Waals surface area contributed by atoms with Crippen molar-refractivity contribution in [1.29, 1.82) is 0 Å². The molecule has 0 bridgehead atoms. The number of nitrogens with zero attached hydrogens (tertiary/aromatic N) is 4. The minimum Gasteiger partial charge on any atom is -0.249 e. The number of hydrogen-bond donors (Lipinski definition) is 1. The lowest BCUT2D eigenvalue weighted by atomic mass is 10.2. The zero-order valence-electron chi connectivity index (χ0n) is 7.44. The summed E-state index contributed by atoms with van der Waals surface area (Å²) in [4.78, 5) is 4.33. The number of aromatic nitrogens is 5. The number of pyridine rings is 1. The summed E-state index contributed by atoms with van der Waals surface area (Å²) in [6, 6.07) is 3.95. The molecule has 0 unspecified atom stereocenters. The smallest absolute Gasteiger partial charge is 0.223 e. The van der Waals surface area contributed by atoms with Crippen molar-refractivity contribution in [1.82, 2.24) is 25.6 Å². The van der Waals surface area contributed by atoms with Gasteiger partial charge in [0.1, 0.15) is 5.69 Å². The first-order chi connectivity index (χ1) is 6.27. The maximum atomic E-state index is 4.33. The molecule has 5 heteroatoms. The molecule has 0 aromatic carbocycles. The van der Waals surface area contributed by atoms with Crippen LogP contribution in [0.15, 0.2) is 12.1 Å². The highest BCUT2D eigenvalue weighted by Crippen LogP contribution is 2.15. The molecule has 2 aromatic heterocycles. The number of H-pyrrole nitrogens is 1. The average molecular weight is 175 g/mol. The number of aromatic amines is 1. The third kappa shape index (κ3) is 1.40. The summed E-state index contributed by atoms with van der Waals surface area (Å²) in [6.07, 6.45) is 0. The van der Waals surface area contributed by atoms with Crippen LogP contribution < -0.4 is 0 Å². The van der Waals surface area contributed by atoms with E-state index in [1.165, 1.54) is 0 Å². The highest BCUT2D eigenvalue weighted by atomic mass is 15.5. The van der Waals surface area contributed by atoms with Crippen molar-refractivity contribution < 1.29 is 0 Å². The van der Waals surface area contributed by atoms with Crippen molar-refractivity contribution in [2.24, 2.45) is 0 Å². The molecule has 0 spiro atoms. The van der Waals surface area contributed by atoms with Gasteiger partial charge in [0.25, 0.3) is 0 Å². The lowest BCUT2D eigenvalue weighted by molar-refractivity contribution is 0.881. The van der Waals surface area contributed by atoms with E-state index in [-0.39, 0.29) is 0 Å². The van der Waals surface area contributed by atoms with Gasteiger partial charge in [0.15, 0.2) is 0 Å². The second-order valence-electron chi connectivity index (χ2n) is 2.85. The Morgan fingerprint density at radius 2 is 2.08 bits per heavy atom. The Labute approximate surface area is 75.2 Å². The molecule has 0 atom stereocenters. The van der Waals surface area contributed by atoms with E-state index in [1.807, 2.05) is 26.0 Å². The minimum atomic E-state index is 0.543. The second-order valence-corrected chi connectivity index (χ2v) is 2.85. The van der Waals surface area contributed by atoms with Gasteiger partial charge in [0.2, 0.25) is 5.82 Å². The van der Waals surface area contributed by atoms with Crippen molar-refractivity contribution in [3.05, 3.63) is 23.4 Å². The zero-order valence-corrected chi connectivity index (χ0v) is 7.44. The summed E-state index contributed by atoms with van der Waals surface area (Å²) in [5.41, 5.74) is 2.78. The van der Waals surface area contributed by atoms with Gasteiger partial charge in [0.05, 0.1) is 0 Å². The SMILES string of the molecule is Cc1ccc(C)c(-c2nn[nH]n2)n1. The van der Waals surface area contributed by atoms with E-state index in [1.54, 1.807) is 0 Å². The monoisotopic (exact) mass is 175 g/mol. The third-order valence-electron chi connectivity index (χ3n) is 1.79. The molecule has 0 aliphatic rings. The van der Waals surface area contributed by atoms with E-state index in [9.17, 15) is 0 Å². The molecule has 0 saturated carbocycles. The molecule has 2 rings (SSSR count). The van der Waals surface area contributed by atoms with Gasteiger partial charge in [-0.05, 0) is 30.7 Å². The predicted molar refractivity (Wildman–Crippen MR) is 46.9 cm³/mol. The topological polar surface area (TPSA) is 67.3 Å².